The predicted molar refractivity (Wildman–Crippen MR) is 88.2 cm³/mol. The van der Waals surface area contributed by atoms with Gasteiger partial charge in [0.25, 0.3) is 0 Å². The van der Waals surface area contributed by atoms with Crippen molar-refractivity contribution in [1.82, 2.24) is 5.32 Å². The van der Waals surface area contributed by atoms with E-state index in [0.717, 1.165) is 17.8 Å². The van der Waals surface area contributed by atoms with E-state index in [2.05, 4.69) is 57.4 Å². The Balaban J connectivity index is 2.01. The molecule has 1 fully saturated rings. The molecule has 1 aromatic carbocycles. The first-order valence-electron chi connectivity index (χ1n) is 8.33. The summed E-state index contributed by atoms with van der Waals surface area (Å²) in [6.45, 7) is 8.13. The van der Waals surface area contributed by atoms with Crippen molar-refractivity contribution < 1.29 is 0 Å². The molecule has 0 spiro atoms. The monoisotopic (exact) mass is 273 g/mol. The molecule has 0 heterocycles. The molecule has 0 bridgehead atoms. The second-order valence-corrected chi connectivity index (χ2v) is 7.10. The summed E-state index contributed by atoms with van der Waals surface area (Å²) in [5, 5.41) is 3.39. The van der Waals surface area contributed by atoms with Gasteiger partial charge in [-0.25, -0.2) is 0 Å². The van der Waals surface area contributed by atoms with Crippen LogP contribution < -0.4 is 5.32 Å². The molecule has 1 N–H and O–H groups in total. The third-order valence-electron chi connectivity index (χ3n) is 5.01. The third-order valence-corrected chi connectivity index (χ3v) is 5.01. The second kappa shape index (κ2) is 7.26. The van der Waals surface area contributed by atoms with Gasteiger partial charge in [0.05, 0.1) is 0 Å². The molecule has 1 heteroatoms. The number of hydrogen-bond acceptors (Lipinski definition) is 1. The van der Waals surface area contributed by atoms with Gasteiger partial charge in [-0.1, -0.05) is 51.5 Å². The van der Waals surface area contributed by atoms with Crippen molar-refractivity contribution in [3.8, 4) is 0 Å². The van der Waals surface area contributed by atoms with Crippen molar-refractivity contribution in [2.45, 2.75) is 52.4 Å². The summed E-state index contributed by atoms with van der Waals surface area (Å²) in [7, 11) is 2.09. The van der Waals surface area contributed by atoms with E-state index in [0.29, 0.717) is 5.92 Å². The fourth-order valence-electron chi connectivity index (χ4n) is 3.68. The van der Waals surface area contributed by atoms with Crippen LogP contribution in [0, 0.1) is 17.8 Å². The Morgan fingerprint density at radius 2 is 1.80 bits per heavy atom. The molecule has 0 aliphatic heterocycles. The number of rotatable bonds is 5. The molecule has 0 amide bonds. The molecule has 3 atom stereocenters. The molecular weight excluding hydrogens is 242 g/mol. The van der Waals surface area contributed by atoms with Crippen molar-refractivity contribution in [2.24, 2.45) is 17.8 Å². The van der Waals surface area contributed by atoms with Crippen LogP contribution in [0.3, 0.4) is 0 Å². The van der Waals surface area contributed by atoms with Gasteiger partial charge in [-0.05, 0) is 67.7 Å². The normalized spacial score (nSPS) is 26.9. The number of benzene rings is 1. The number of nitrogens with one attached hydrogen (secondary N) is 1. The summed E-state index contributed by atoms with van der Waals surface area (Å²) in [4.78, 5) is 0. The zero-order valence-corrected chi connectivity index (χ0v) is 13.7. The Kier molecular flexibility index (Phi) is 5.65. The van der Waals surface area contributed by atoms with Gasteiger partial charge in [0.2, 0.25) is 0 Å². The lowest BCUT2D eigenvalue weighted by Gasteiger charge is -2.35. The number of hydrogen-bond donors (Lipinski definition) is 1. The van der Waals surface area contributed by atoms with Crippen LogP contribution in [-0.4, -0.2) is 13.6 Å². The minimum absolute atomic E-state index is 0.635. The molecular formula is C19H31N. The highest BCUT2D eigenvalue weighted by Gasteiger charge is 2.28. The van der Waals surface area contributed by atoms with E-state index in [4.69, 9.17) is 0 Å². The van der Waals surface area contributed by atoms with E-state index < -0.39 is 0 Å². The molecule has 0 aromatic heterocycles. The SMILES string of the molecule is CNCC1CCC(C)CC1Cc1ccc(C(C)C)cc1. The maximum Gasteiger partial charge on any atom is -0.00208 e. The molecule has 1 saturated carbocycles. The van der Waals surface area contributed by atoms with Gasteiger partial charge in [0.1, 0.15) is 0 Å². The second-order valence-electron chi connectivity index (χ2n) is 7.10. The van der Waals surface area contributed by atoms with E-state index in [9.17, 15) is 0 Å². The summed E-state index contributed by atoms with van der Waals surface area (Å²) < 4.78 is 0. The highest BCUT2D eigenvalue weighted by Crippen LogP contribution is 2.35. The summed E-state index contributed by atoms with van der Waals surface area (Å²) in [6, 6.07) is 9.34. The molecule has 0 saturated heterocycles. The van der Waals surface area contributed by atoms with Crippen LogP contribution in [0.25, 0.3) is 0 Å². The largest absolute Gasteiger partial charge is 0.319 e. The van der Waals surface area contributed by atoms with Crippen molar-refractivity contribution in [3.63, 3.8) is 0 Å². The summed E-state index contributed by atoms with van der Waals surface area (Å²) >= 11 is 0. The fourth-order valence-corrected chi connectivity index (χ4v) is 3.68. The van der Waals surface area contributed by atoms with E-state index >= 15 is 0 Å². The molecule has 1 aromatic rings. The Hall–Kier alpha value is -0.820. The molecule has 1 nitrogen and oxygen atoms in total. The van der Waals surface area contributed by atoms with E-state index in [1.807, 2.05) is 0 Å². The first kappa shape index (κ1) is 15.6. The van der Waals surface area contributed by atoms with Gasteiger partial charge in [-0.2, -0.15) is 0 Å². The van der Waals surface area contributed by atoms with E-state index in [1.165, 1.54) is 43.4 Å². The van der Waals surface area contributed by atoms with Crippen molar-refractivity contribution >= 4 is 0 Å². The molecule has 1 aliphatic rings. The quantitative estimate of drug-likeness (QED) is 0.825. The van der Waals surface area contributed by atoms with Crippen LogP contribution >= 0.6 is 0 Å². The lowest BCUT2D eigenvalue weighted by atomic mass is 9.72. The minimum Gasteiger partial charge on any atom is -0.319 e. The minimum atomic E-state index is 0.635. The van der Waals surface area contributed by atoms with Gasteiger partial charge in [0.15, 0.2) is 0 Å². The smallest absolute Gasteiger partial charge is 0.00208 e. The van der Waals surface area contributed by atoms with Crippen LogP contribution in [0.5, 0.6) is 0 Å². The summed E-state index contributed by atoms with van der Waals surface area (Å²) in [5.74, 6) is 3.26. The highest BCUT2D eigenvalue weighted by atomic mass is 14.8. The van der Waals surface area contributed by atoms with Gasteiger partial charge >= 0.3 is 0 Å². The molecule has 3 unspecified atom stereocenters. The van der Waals surface area contributed by atoms with Crippen LogP contribution in [0.15, 0.2) is 24.3 Å². The topological polar surface area (TPSA) is 12.0 Å². The van der Waals surface area contributed by atoms with Crippen LogP contribution in [0.4, 0.5) is 0 Å². The maximum absolute atomic E-state index is 3.39. The zero-order chi connectivity index (χ0) is 14.5. The Labute approximate surface area is 125 Å². The summed E-state index contributed by atoms with van der Waals surface area (Å²) in [6.07, 6.45) is 5.47. The molecule has 2 rings (SSSR count). The van der Waals surface area contributed by atoms with Gasteiger partial charge in [0, 0.05) is 0 Å². The molecule has 0 radical (unpaired) electrons. The average Bonchev–Trinajstić information content (AvgIpc) is 2.42. The lowest BCUT2D eigenvalue weighted by Crippen LogP contribution is -2.32. The van der Waals surface area contributed by atoms with Crippen molar-refractivity contribution in [3.05, 3.63) is 35.4 Å². The predicted octanol–water partition coefficient (Wildman–Crippen LogP) is 4.62. The fraction of sp³-hybridized carbons (Fsp3) is 0.684. The van der Waals surface area contributed by atoms with Crippen molar-refractivity contribution in [2.75, 3.05) is 13.6 Å². The lowest BCUT2D eigenvalue weighted by molar-refractivity contribution is 0.186. The first-order valence-corrected chi connectivity index (χ1v) is 8.33. The van der Waals surface area contributed by atoms with Crippen molar-refractivity contribution in [1.29, 1.82) is 0 Å². The van der Waals surface area contributed by atoms with Crippen LogP contribution in [0.1, 0.15) is 57.1 Å². The van der Waals surface area contributed by atoms with E-state index in [-0.39, 0.29) is 0 Å². The zero-order valence-electron chi connectivity index (χ0n) is 13.7. The van der Waals surface area contributed by atoms with Gasteiger partial charge < -0.3 is 5.32 Å². The highest BCUT2D eigenvalue weighted by molar-refractivity contribution is 5.25. The Morgan fingerprint density at radius 3 is 2.40 bits per heavy atom. The van der Waals surface area contributed by atoms with E-state index in [1.54, 1.807) is 0 Å². The Morgan fingerprint density at radius 1 is 1.10 bits per heavy atom. The van der Waals surface area contributed by atoms with Gasteiger partial charge in [-0.15, -0.1) is 0 Å². The third kappa shape index (κ3) is 4.09. The van der Waals surface area contributed by atoms with Gasteiger partial charge in [-0.3, -0.25) is 0 Å². The molecule has 1 aliphatic carbocycles. The standard InChI is InChI=1S/C19H31N/c1-14(2)17-9-6-16(7-10-17)12-19-11-15(3)5-8-18(19)13-20-4/h6-7,9-10,14-15,18-20H,5,8,11-13H2,1-4H3. The first-order chi connectivity index (χ1) is 9.60. The molecule has 112 valence electrons. The average molecular weight is 273 g/mol. The molecule has 20 heavy (non-hydrogen) atoms. The maximum atomic E-state index is 3.39. The summed E-state index contributed by atoms with van der Waals surface area (Å²) in [5.41, 5.74) is 2.98. The van der Waals surface area contributed by atoms with Crippen LogP contribution in [-0.2, 0) is 6.42 Å². The Bertz CT molecular complexity index is 393. The van der Waals surface area contributed by atoms with Crippen LogP contribution in [0.2, 0.25) is 0 Å².